The summed E-state index contributed by atoms with van der Waals surface area (Å²) in [5.41, 5.74) is 1.69. The van der Waals surface area contributed by atoms with Crippen LogP contribution in [-0.2, 0) is 16.0 Å². The van der Waals surface area contributed by atoms with Gasteiger partial charge in [-0.05, 0) is 18.4 Å². The van der Waals surface area contributed by atoms with Crippen molar-refractivity contribution in [3.8, 4) is 10.6 Å². The highest BCUT2D eigenvalue weighted by Crippen LogP contribution is 2.30. The Kier molecular flexibility index (Phi) is 7.85. The molecule has 2 heterocycles. The average molecular weight is 422 g/mol. The van der Waals surface area contributed by atoms with E-state index in [9.17, 15) is 4.79 Å². The van der Waals surface area contributed by atoms with E-state index >= 15 is 0 Å². The molecule has 1 aromatic heterocycles. The highest BCUT2D eigenvalue weighted by Gasteiger charge is 2.22. The lowest BCUT2D eigenvalue weighted by atomic mass is 10.0. The van der Waals surface area contributed by atoms with Crippen LogP contribution in [0.15, 0.2) is 29.6 Å². The SMILES string of the molecule is CC(C)CC(CNC(=O)Cc1csc(-c2ccccc2Cl)n1)N1CCOCC1. The van der Waals surface area contributed by atoms with Gasteiger partial charge >= 0.3 is 0 Å². The molecule has 2 aromatic rings. The zero-order chi connectivity index (χ0) is 19.9. The molecule has 0 saturated carbocycles. The van der Waals surface area contributed by atoms with E-state index in [-0.39, 0.29) is 5.91 Å². The van der Waals surface area contributed by atoms with E-state index < -0.39 is 0 Å². The molecule has 1 N–H and O–H groups in total. The summed E-state index contributed by atoms with van der Waals surface area (Å²) >= 11 is 7.76. The second-order valence-electron chi connectivity index (χ2n) is 7.54. The van der Waals surface area contributed by atoms with Crippen LogP contribution in [0.4, 0.5) is 0 Å². The van der Waals surface area contributed by atoms with Gasteiger partial charge in [0.1, 0.15) is 5.01 Å². The molecule has 1 fully saturated rings. The summed E-state index contributed by atoms with van der Waals surface area (Å²) < 4.78 is 5.46. The number of hydrogen-bond acceptors (Lipinski definition) is 5. The summed E-state index contributed by atoms with van der Waals surface area (Å²) in [4.78, 5) is 19.5. The van der Waals surface area contributed by atoms with Crippen LogP contribution in [0.25, 0.3) is 10.6 Å². The number of thiazole rings is 1. The molecule has 5 nitrogen and oxygen atoms in total. The van der Waals surface area contributed by atoms with Crippen LogP contribution in [0.5, 0.6) is 0 Å². The smallest absolute Gasteiger partial charge is 0.226 e. The second kappa shape index (κ2) is 10.3. The first-order valence-corrected chi connectivity index (χ1v) is 11.1. The number of hydrogen-bond donors (Lipinski definition) is 1. The summed E-state index contributed by atoms with van der Waals surface area (Å²) in [6.07, 6.45) is 1.35. The molecule has 28 heavy (non-hydrogen) atoms. The minimum absolute atomic E-state index is 0.0121. The molecule has 0 bridgehead atoms. The van der Waals surface area contributed by atoms with Crippen molar-refractivity contribution in [3.63, 3.8) is 0 Å². The van der Waals surface area contributed by atoms with Crippen LogP contribution >= 0.6 is 22.9 Å². The number of rotatable bonds is 8. The van der Waals surface area contributed by atoms with Crippen molar-refractivity contribution >= 4 is 28.8 Å². The highest BCUT2D eigenvalue weighted by molar-refractivity contribution is 7.13. The number of nitrogens with zero attached hydrogens (tertiary/aromatic N) is 2. The van der Waals surface area contributed by atoms with Crippen LogP contribution in [0.3, 0.4) is 0 Å². The van der Waals surface area contributed by atoms with Crippen LogP contribution in [-0.4, -0.2) is 54.7 Å². The largest absolute Gasteiger partial charge is 0.379 e. The maximum Gasteiger partial charge on any atom is 0.226 e. The monoisotopic (exact) mass is 421 g/mol. The van der Waals surface area contributed by atoms with E-state index in [4.69, 9.17) is 16.3 Å². The molecular formula is C21H28ClN3O2S. The normalized spacial score (nSPS) is 16.3. The second-order valence-corrected chi connectivity index (χ2v) is 8.80. The Morgan fingerprint density at radius 1 is 1.32 bits per heavy atom. The van der Waals surface area contributed by atoms with Crippen LogP contribution in [0, 0.1) is 5.92 Å². The van der Waals surface area contributed by atoms with Gasteiger partial charge in [0.25, 0.3) is 0 Å². The summed E-state index contributed by atoms with van der Waals surface area (Å²) in [7, 11) is 0. The van der Waals surface area contributed by atoms with Gasteiger partial charge in [0, 0.05) is 36.6 Å². The third-order valence-corrected chi connectivity index (χ3v) is 6.09. The van der Waals surface area contributed by atoms with Crippen molar-refractivity contribution in [3.05, 3.63) is 40.4 Å². The molecule has 152 valence electrons. The van der Waals surface area contributed by atoms with Gasteiger partial charge in [-0.1, -0.05) is 43.6 Å². The molecule has 1 aromatic carbocycles. The Morgan fingerprint density at radius 3 is 2.79 bits per heavy atom. The quantitative estimate of drug-likeness (QED) is 0.703. The number of amides is 1. The fourth-order valence-corrected chi connectivity index (χ4v) is 4.59. The molecule has 1 amide bonds. The van der Waals surface area contributed by atoms with Crippen molar-refractivity contribution in [2.45, 2.75) is 32.7 Å². The highest BCUT2D eigenvalue weighted by atomic mass is 35.5. The first kappa shape index (κ1) is 21.2. The lowest BCUT2D eigenvalue weighted by Gasteiger charge is -2.35. The molecule has 0 radical (unpaired) electrons. The van der Waals surface area contributed by atoms with Gasteiger partial charge in [0.15, 0.2) is 0 Å². The van der Waals surface area contributed by atoms with E-state index in [0.29, 0.717) is 29.9 Å². The van der Waals surface area contributed by atoms with Crippen molar-refractivity contribution < 1.29 is 9.53 Å². The van der Waals surface area contributed by atoms with E-state index in [1.54, 1.807) is 0 Å². The van der Waals surface area contributed by atoms with E-state index in [2.05, 4.69) is 29.0 Å². The van der Waals surface area contributed by atoms with E-state index in [0.717, 1.165) is 49.0 Å². The van der Waals surface area contributed by atoms with Crippen LogP contribution in [0.2, 0.25) is 5.02 Å². The first-order chi connectivity index (χ1) is 13.5. The Morgan fingerprint density at radius 2 is 2.07 bits per heavy atom. The van der Waals surface area contributed by atoms with Gasteiger partial charge in [-0.2, -0.15) is 0 Å². The predicted molar refractivity (Wildman–Crippen MR) is 115 cm³/mol. The maximum absolute atomic E-state index is 12.5. The fourth-order valence-electron chi connectivity index (χ4n) is 3.45. The number of halogens is 1. The number of benzene rings is 1. The predicted octanol–water partition coefficient (Wildman–Crippen LogP) is 3.87. The van der Waals surface area contributed by atoms with Crippen LogP contribution < -0.4 is 5.32 Å². The van der Waals surface area contributed by atoms with Gasteiger partial charge in [0.05, 0.1) is 30.4 Å². The maximum atomic E-state index is 12.5. The Hall–Kier alpha value is -1.47. The summed E-state index contributed by atoms with van der Waals surface area (Å²) in [5, 5.41) is 6.57. The molecule has 1 atom stereocenters. The number of carbonyl (C=O) groups excluding carboxylic acids is 1. The molecule has 3 rings (SSSR count). The Labute approximate surface area is 176 Å². The molecule has 7 heteroatoms. The lowest BCUT2D eigenvalue weighted by molar-refractivity contribution is -0.120. The summed E-state index contributed by atoms with van der Waals surface area (Å²) in [6, 6.07) is 7.99. The third-order valence-electron chi connectivity index (χ3n) is 4.84. The molecule has 1 unspecified atom stereocenters. The molecule has 0 spiro atoms. The van der Waals surface area contributed by atoms with Crippen molar-refractivity contribution in [2.24, 2.45) is 5.92 Å². The number of nitrogens with one attached hydrogen (secondary N) is 1. The third kappa shape index (κ3) is 6.01. The van der Waals surface area contributed by atoms with E-state index in [1.807, 2.05) is 29.6 Å². The zero-order valence-electron chi connectivity index (χ0n) is 16.5. The summed E-state index contributed by atoms with van der Waals surface area (Å²) in [6.45, 7) is 8.51. The Bertz CT molecular complexity index is 775. The minimum atomic E-state index is 0.0121. The van der Waals surface area contributed by atoms with Gasteiger partial charge in [0.2, 0.25) is 5.91 Å². The standard InChI is InChI=1S/C21H28ClN3O2S/c1-15(2)11-17(25-7-9-27-10-8-25)13-23-20(26)12-16-14-28-21(24-16)18-5-3-4-6-19(18)22/h3-6,14-15,17H,7-13H2,1-2H3,(H,23,26). The zero-order valence-corrected chi connectivity index (χ0v) is 18.1. The van der Waals surface area contributed by atoms with Crippen LogP contribution in [0.1, 0.15) is 26.0 Å². The van der Waals surface area contributed by atoms with Gasteiger partial charge in [-0.3, -0.25) is 9.69 Å². The van der Waals surface area contributed by atoms with Crippen molar-refractivity contribution in [1.82, 2.24) is 15.2 Å². The molecule has 0 aliphatic carbocycles. The van der Waals surface area contributed by atoms with Crippen molar-refractivity contribution in [2.75, 3.05) is 32.8 Å². The number of morpholine rings is 1. The Balaban J connectivity index is 1.55. The molecule has 1 aliphatic heterocycles. The first-order valence-electron chi connectivity index (χ1n) is 9.80. The van der Waals surface area contributed by atoms with Gasteiger partial charge in [-0.15, -0.1) is 11.3 Å². The number of ether oxygens (including phenoxy) is 1. The van der Waals surface area contributed by atoms with E-state index in [1.165, 1.54) is 11.3 Å². The lowest BCUT2D eigenvalue weighted by Crippen LogP contribution is -2.49. The topological polar surface area (TPSA) is 54.5 Å². The number of aromatic nitrogens is 1. The van der Waals surface area contributed by atoms with Gasteiger partial charge in [-0.25, -0.2) is 4.98 Å². The molecule has 1 aliphatic rings. The van der Waals surface area contributed by atoms with Gasteiger partial charge < -0.3 is 10.1 Å². The average Bonchev–Trinajstić information content (AvgIpc) is 3.14. The molecule has 1 saturated heterocycles. The summed E-state index contributed by atoms with van der Waals surface area (Å²) in [5.74, 6) is 0.597. The molecular weight excluding hydrogens is 394 g/mol. The van der Waals surface area contributed by atoms with Crippen molar-refractivity contribution in [1.29, 1.82) is 0 Å². The minimum Gasteiger partial charge on any atom is -0.379 e. The fraction of sp³-hybridized carbons (Fsp3) is 0.524. The number of carbonyl (C=O) groups is 1.